The zero-order chi connectivity index (χ0) is 17.8. The van der Waals surface area contributed by atoms with Crippen LogP contribution in [0.4, 0.5) is 35.1 Å². The van der Waals surface area contributed by atoms with Crippen molar-refractivity contribution in [3.8, 4) is 0 Å². The maximum atomic E-state index is 13.9. The Hall–Kier alpha value is -0.720. The molecular weight excluding hydrogens is 424 g/mol. The molecule has 2 aromatic carbocycles. The fraction of sp³-hybridized carbons (Fsp3) is 0. The Morgan fingerprint density at radius 3 is 1.00 bits per heavy atom. The largest absolute Gasteiger partial charge is 0.202 e. The van der Waals surface area contributed by atoms with Crippen LogP contribution in [0.1, 0.15) is 0 Å². The van der Waals surface area contributed by atoms with Crippen LogP contribution in [0.3, 0.4) is 0 Å². The Bertz CT molecular complexity index is 800. The summed E-state index contributed by atoms with van der Waals surface area (Å²) in [5.74, 6) is -15.6. The smallest absolute Gasteiger partial charge is 0.198 e. The van der Waals surface area contributed by atoms with Gasteiger partial charge in [0.1, 0.15) is 0 Å². The van der Waals surface area contributed by atoms with Crippen LogP contribution in [0.25, 0.3) is 0 Å². The van der Waals surface area contributed by atoms with Gasteiger partial charge in [-0.25, -0.2) is 35.1 Å². The van der Waals surface area contributed by atoms with E-state index in [0.29, 0.717) is 31.4 Å². The molecule has 0 spiro atoms. The molecule has 2 aromatic rings. The van der Waals surface area contributed by atoms with E-state index in [0.717, 1.165) is 0 Å². The minimum atomic E-state index is -2.15. The van der Waals surface area contributed by atoms with Crippen molar-refractivity contribution in [3.05, 3.63) is 46.5 Å². The Balaban J connectivity index is 2.31. The fourth-order valence-corrected chi connectivity index (χ4v) is 7.25. The third kappa shape index (κ3) is 2.67. The van der Waals surface area contributed by atoms with Gasteiger partial charge in [-0.1, -0.05) is 11.8 Å². The van der Waals surface area contributed by atoms with Gasteiger partial charge in [0, 0.05) is 0 Å². The molecule has 0 aliphatic carbocycles. The molecule has 0 nitrogen and oxygen atoms in total. The standard InChI is InChI=1S/C12F8S4/c13-1-3(15)7(19)11-9(5(1)17)21-10-6(18)2(14)4(16)8(20)12(10)23-24-22-11. The molecule has 0 saturated heterocycles. The fourth-order valence-electron chi connectivity index (χ4n) is 1.70. The number of hydrogen-bond donors (Lipinski definition) is 0. The zero-order valence-electron chi connectivity index (χ0n) is 10.7. The average Bonchev–Trinajstić information content (AvgIpc) is 2.55. The van der Waals surface area contributed by atoms with Crippen molar-refractivity contribution in [1.82, 2.24) is 0 Å². The van der Waals surface area contributed by atoms with Crippen molar-refractivity contribution < 1.29 is 35.1 Å². The first-order valence-corrected chi connectivity index (χ1v) is 9.96. The molecule has 0 N–H and O–H groups in total. The van der Waals surface area contributed by atoms with Gasteiger partial charge in [-0.2, -0.15) is 0 Å². The summed E-state index contributed by atoms with van der Waals surface area (Å²) in [7, 11) is 1.33. The maximum absolute atomic E-state index is 13.9. The third-order valence-corrected chi connectivity index (χ3v) is 8.11. The molecule has 0 saturated carbocycles. The predicted molar refractivity (Wildman–Crippen MR) is 76.0 cm³/mol. The van der Waals surface area contributed by atoms with E-state index in [1.165, 1.54) is 0 Å². The minimum Gasteiger partial charge on any atom is -0.202 e. The van der Waals surface area contributed by atoms with Crippen molar-refractivity contribution in [2.75, 3.05) is 0 Å². The van der Waals surface area contributed by atoms with Gasteiger partial charge in [0.15, 0.2) is 46.5 Å². The van der Waals surface area contributed by atoms with Crippen LogP contribution in [-0.2, 0) is 0 Å². The summed E-state index contributed by atoms with van der Waals surface area (Å²) >= 11 is -0.0544. The zero-order valence-corrected chi connectivity index (χ0v) is 13.9. The summed E-state index contributed by atoms with van der Waals surface area (Å²) in [5.41, 5.74) is 0. The first-order valence-electron chi connectivity index (χ1n) is 5.66. The third-order valence-electron chi connectivity index (χ3n) is 2.80. The number of hydrogen-bond acceptors (Lipinski definition) is 4. The average molecular weight is 424 g/mol. The van der Waals surface area contributed by atoms with Crippen LogP contribution in [0.2, 0.25) is 0 Å². The highest BCUT2D eigenvalue weighted by molar-refractivity contribution is 9.09. The van der Waals surface area contributed by atoms with Gasteiger partial charge in [0.2, 0.25) is 0 Å². The van der Waals surface area contributed by atoms with E-state index in [-0.39, 0.29) is 11.8 Å². The molecule has 12 heteroatoms. The minimum absolute atomic E-state index is 0.0544. The van der Waals surface area contributed by atoms with E-state index < -0.39 is 66.1 Å². The van der Waals surface area contributed by atoms with Crippen molar-refractivity contribution in [2.45, 2.75) is 19.6 Å². The van der Waals surface area contributed by atoms with Gasteiger partial charge in [-0.05, 0) is 31.4 Å². The molecule has 1 aliphatic rings. The van der Waals surface area contributed by atoms with Crippen molar-refractivity contribution in [3.63, 3.8) is 0 Å². The van der Waals surface area contributed by atoms with Crippen LogP contribution in [0.5, 0.6) is 0 Å². The van der Waals surface area contributed by atoms with E-state index in [1.54, 1.807) is 0 Å². The molecule has 24 heavy (non-hydrogen) atoms. The van der Waals surface area contributed by atoms with Crippen LogP contribution in [0.15, 0.2) is 19.6 Å². The van der Waals surface area contributed by atoms with E-state index in [2.05, 4.69) is 0 Å². The Kier molecular flexibility index (Phi) is 4.93. The van der Waals surface area contributed by atoms with E-state index in [9.17, 15) is 35.1 Å². The van der Waals surface area contributed by atoms with E-state index in [1.807, 2.05) is 0 Å². The van der Waals surface area contributed by atoms with Gasteiger partial charge in [-0.3, -0.25) is 0 Å². The highest BCUT2D eigenvalue weighted by Gasteiger charge is 2.33. The second-order valence-corrected chi connectivity index (χ2v) is 9.10. The maximum Gasteiger partial charge on any atom is 0.198 e. The lowest BCUT2D eigenvalue weighted by Gasteiger charge is -2.18. The monoisotopic (exact) mass is 424 g/mol. The summed E-state index contributed by atoms with van der Waals surface area (Å²) in [5, 5.41) is 0. The molecule has 0 radical (unpaired) electrons. The molecule has 128 valence electrons. The number of benzene rings is 2. The summed E-state index contributed by atoms with van der Waals surface area (Å²) in [6.07, 6.45) is 0. The second kappa shape index (κ2) is 6.54. The van der Waals surface area contributed by atoms with Crippen LogP contribution in [-0.4, -0.2) is 0 Å². The summed E-state index contributed by atoms with van der Waals surface area (Å²) in [6, 6.07) is 0. The van der Waals surface area contributed by atoms with Crippen molar-refractivity contribution >= 4 is 43.2 Å². The highest BCUT2D eigenvalue weighted by atomic mass is 33.5. The Labute approximate surface area is 144 Å². The van der Waals surface area contributed by atoms with Crippen LogP contribution >= 0.6 is 43.2 Å². The number of halogens is 8. The lowest BCUT2D eigenvalue weighted by molar-refractivity contribution is 0.381. The summed E-state index contributed by atoms with van der Waals surface area (Å²) in [6.45, 7) is 0. The normalized spacial score (nSPS) is 14.0. The molecule has 0 atom stereocenters. The van der Waals surface area contributed by atoms with Gasteiger partial charge in [0.05, 0.1) is 19.6 Å². The Morgan fingerprint density at radius 2 is 0.667 bits per heavy atom. The van der Waals surface area contributed by atoms with Gasteiger partial charge in [-0.15, -0.1) is 0 Å². The lowest BCUT2D eigenvalue weighted by atomic mass is 10.3. The molecule has 0 aromatic heterocycles. The molecule has 1 aliphatic heterocycles. The molecule has 0 bridgehead atoms. The van der Waals surface area contributed by atoms with Gasteiger partial charge >= 0.3 is 0 Å². The van der Waals surface area contributed by atoms with Gasteiger partial charge < -0.3 is 0 Å². The van der Waals surface area contributed by atoms with E-state index in [4.69, 9.17) is 0 Å². The molecule has 3 rings (SSSR count). The quantitative estimate of drug-likeness (QED) is 0.199. The molecular formula is C12F8S4. The molecule has 1 heterocycles. The lowest BCUT2D eigenvalue weighted by Crippen LogP contribution is -2.05. The predicted octanol–water partition coefficient (Wildman–Crippen LogP) is 6.71. The van der Waals surface area contributed by atoms with Crippen molar-refractivity contribution in [1.29, 1.82) is 0 Å². The molecule has 0 unspecified atom stereocenters. The topological polar surface area (TPSA) is 0 Å². The second-order valence-electron chi connectivity index (χ2n) is 4.17. The number of fused-ring (bicyclic) bond motifs is 2. The number of rotatable bonds is 0. The first-order chi connectivity index (χ1) is 11.3. The summed E-state index contributed by atoms with van der Waals surface area (Å²) < 4.78 is 109. The first kappa shape index (κ1) is 18.1. The van der Waals surface area contributed by atoms with E-state index >= 15 is 0 Å². The van der Waals surface area contributed by atoms with Crippen LogP contribution < -0.4 is 0 Å². The highest BCUT2D eigenvalue weighted by Crippen LogP contribution is 2.56. The molecule has 0 amide bonds. The SMILES string of the molecule is Fc1c(F)c(F)c2c(c1F)SSSc1c(F)c(F)c(F)c(F)c1S2. The Morgan fingerprint density at radius 1 is 0.375 bits per heavy atom. The van der Waals surface area contributed by atoms with Crippen molar-refractivity contribution in [2.24, 2.45) is 0 Å². The summed E-state index contributed by atoms with van der Waals surface area (Å²) in [4.78, 5) is -3.20. The molecule has 0 fully saturated rings. The van der Waals surface area contributed by atoms with Gasteiger partial charge in [0.25, 0.3) is 0 Å². The van der Waals surface area contributed by atoms with Crippen LogP contribution in [0, 0.1) is 46.5 Å².